The van der Waals surface area contributed by atoms with Gasteiger partial charge in [-0.1, -0.05) is 19.3 Å². The van der Waals surface area contributed by atoms with E-state index >= 15 is 0 Å². The minimum absolute atomic E-state index is 0.308. The van der Waals surface area contributed by atoms with Gasteiger partial charge >= 0.3 is 0 Å². The third kappa shape index (κ3) is 3.76. The van der Waals surface area contributed by atoms with Crippen molar-refractivity contribution in [3.8, 4) is 0 Å². The summed E-state index contributed by atoms with van der Waals surface area (Å²) in [7, 11) is 0. The van der Waals surface area contributed by atoms with Gasteiger partial charge in [-0.15, -0.1) is 0 Å². The molecule has 11 heavy (non-hydrogen) atoms. The predicted octanol–water partition coefficient (Wildman–Crippen LogP) is 2.71. The summed E-state index contributed by atoms with van der Waals surface area (Å²) in [5.41, 5.74) is 0.308. The highest BCUT2D eigenvalue weighted by Crippen LogP contribution is 2.19. The molecule has 1 nitrogen and oxygen atoms in total. The van der Waals surface area contributed by atoms with Gasteiger partial charge in [0.05, 0.1) is 0 Å². The number of rotatable bonds is 1. The van der Waals surface area contributed by atoms with Crippen molar-refractivity contribution in [3.63, 3.8) is 0 Å². The second-order valence-electron chi connectivity index (χ2n) is 4.73. The van der Waals surface area contributed by atoms with Crippen LogP contribution in [0.4, 0.5) is 0 Å². The van der Waals surface area contributed by atoms with E-state index in [0.717, 1.165) is 6.04 Å². The van der Waals surface area contributed by atoms with Crippen molar-refractivity contribution in [3.05, 3.63) is 0 Å². The second kappa shape index (κ2) is 3.57. The fourth-order valence-electron chi connectivity index (χ4n) is 1.86. The lowest BCUT2D eigenvalue weighted by molar-refractivity contribution is 0.295. The van der Waals surface area contributed by atoms with Crippen molar-refractivity contribution in [2.45, 2.75) is 64.5 Å². The molecule has 1 aliphatic rings. The SMILES string of the molecule is CC(C)(C)NC1CCCCC1. The molecule has 1 heteroatoms. The number of hydrogen-bond donors (Lipinski definition) is 1. The Balaban J connectivity index is 2.24. The molecule has 1 rings (SSSR count). The molecule has 0 amide bonds. The molecule has 0 atom stereocenters. The van der Waals surface area contributed by atoms with Crippen LogP contribution in [0.2, 0.25) is 0 Å². The molecule has 0 unspecified atom stereocenters. The van der Waals surface area contributed by atoms with Crippen molar-refractivity contribution in [2.24, 2.45) is 0 Å². The Morgan fingerprint density at radius 2 is 1.55 bits per heavy atom. The Morgan fingerprint density at radius 1 is 1.00 bits per heavy atom. The molecule has 0 saturated heterocycles. The predicted molar refractivity (Wildman–Crippen MR) is 49.8 cm³/mol. The monoisotopic (exact) mass is 155 g/mol. The highest BCUT2D eigenvalue weighted by molar-refractivity contribution is 4.79. The molecule has 0 bridgehead atoms. The van der Waals surface area contributed by atoms with E-state index < -0.39 is 0 Å². The molecule has 1 fully saturated rings. The first kappa shape index (κ1) is 9.05. The molecule has 1 aliphatic carbocycles. The average molecular weight is 155 g/mol. The zero-order chi connectivity index (χ0) is 8.32. The van der Waals surface area contributed by atoms with Crippen molar-refractivity contribution in [1.82, 2.24) is 5.32 Å². The normalized spacial score (nSPS) is 22.1. The van der Waals surface area contributed by atoms with Crippen molar-refractivity contribution in [2.75, 3.05) is 0 Å². The van der Waals surface area contributed by atoms with Crippen LogP contribution in [-0.2, 0) is 0 Å². The van der Waals surface area contributed by atoms with E-state index in [4.69, 9.17) is 0 Å². The van der Waals surface area contributed by atoms with Gasteiger partial charge in [0.1, 0.15) is 0 Å². The van der Waals surface area contributed by atoms with Crippen LogP contribution in [0.15, 0.2) is 0 Å². The Bertz CT molecular complexity index is 107. The van der Waals surface area contributed by atoms with Crippen LogP contribution in [0.5, 0.6) is 0 Å². The van der Waals surface area contributed by atoms with Gasteiger partial charge in [0.15, 0.2) is 0 Å². The zero-order valence-corrected chi connectivity index (χ0v) is 8.11. The smallest absolute Gasteiger partial charge is 0.00990 e. The van der Waals surface area contributed by atoms with Gasteiger partial charge in [0, 0.05) is 11.6 Å². The van der Waals surface area contributed by atoms with Crippen LogP contribution >= 0.6 is 0 Å². The summed E-state index contributed by atoms with van der Waals surface area (Å²) in [6.07, 6.45) is 7.07. The standard InChI is InChI=1S/C10H21N/c1-10(2,3)11-9-7-5-4-6-8-9/h9,11H,4-8H2,1-3H3. The highest BCUT2D eigenvalue weighted by Gasteiger charge is 2.18. The number of nitrogens with one attached hydrogen (secondary N) is 1. The van der Waals surface area contributed by atoms with E-state index in [0.29, 0.717) is 5.54 Å². The molecular formula is C10H21N. The van der Waals surface area contributed by atoms with Gasteiger partial charge in [-0.2, -0.15) is 0 Å². The molecule has 0 aromatic carbocycles. The quantitative estimate of drug-likeness (QED) is 0.614. The van der Waals surface area contributed by atoms with E-state index in [-0.39, 0.29) is 0 Å². The lowest BCUT2D eigenvalue weighted by atomic mass is 9.93. The van der Waals surface area contributed by atoms with Gasteiger partial charge in [-0.05, 0) is 33.6 Å². The van der Waals surface area contributed by atoms with Gasteiger partial charge in [0.25, 0.3) is 0 Å². The summed E-state index contributed by atoms with van der Waals surface area (Å²) in [5.74, 6) is 0. The first-order valence-electron chi connectivity index (χ1n) is 4.86. The van der Waals surface area contributed by atoms with Gasteiger partial charge in [-0.3, -0.25) is 0 Å². The van der Waals surface area contributed by atoms with Crippen molar-refractivity contribution >= 4 is 0 Å². The molecule has 66 valence electrons. The number of hydrogen-bond acceptors (Lipinski definition) is 1. The van der Waals surface area contributed by atoms with Crippen LogP contribution in [0.3, 0.4) is 0 Å². The molecule has 1 N–H and O–H groups in total. The minimum Gasteiger partial charge on any atom is -0.309 e. The van der Waals surface area contributed by atoms with Crippen LogP contribution in [0.1, 0.15) is 52.9 Å². The van der Waals surface area contributed by atoms with Gasteiger partial charge in [0.2, 0.25) is 0 Å². The van der Waals surface area contributed by atoms with Crippen molar-refractivity contribution < 1.29 is 0 Å². The Kier molecular flexibility index (Phi) is 2.94. The van der Waals surface area contributed by atoms with Crippen LogP contribution in [0, 0.1) is 0 Å². The minimum atomic E-state index is 0.308. The highest BCUT2D eigenvalue weighted by atomic mass is 15.0. The first-order valence-corrected chi connectivity index (χ1v) is 4.86. The lowest BCUT2D eigenvalue weighted by Gasteiger charge is -2.31. The summed E-state index contributed by atoms with van der Waals surface area (Å²) in [6.45, 7) is 6.75. The van der Waals surface area contributed by atoms with Crippen LogP contribution in [0.25, 0.3) is 0 Å². The largest absolute Gasteiger partial charge is 0.309 e. The molecule has 0 aliphatic heterocycles. The average Bonchev–Trinajstić information content (AvgIpc) is 1.85. The van der Waals surface area contributed by atoms with E-state index in [9.17, 15) is 0 Å². The third-order valence-electron chi connectivity index (χ3n) is 2.24. The Morgan fingerprint density at radius 3 is 2.00 bits per heavy atom. The molecular weight excluding hydrogens is 134 g/mol. The second-order valence-corrected chi connectivity index (χ2v) is 4.73. The van der Waals surface area contributed by atoms with E-state index in [1.165, 1.54) is 32.1 Å². The maximum atomic E-state index is 3.66. The van der Waals surface area contributed by atoms with Crippen molar-refractivity contribution in [1.29, 1.82) is 0 Å². The summed E-state index contributed by atoms with van der Waals surface area (Å²) in [5, 5.41) is 3.66. The summed E-state index contributed by atoms with van der Waals surface area (Å²) >= 11 is 0. The molecule has 0 spiro atoms. The van der Waals surface area contributed by atoms with E-state index in [1.54, 1.807) is 0 Å². The molecule has 0 heterocycles. The molecule has 0 radical (unpaired) electrons. The Labute approximate surface area is 70.6 Å². The summed E-state index contributed by atoms with van der Waals surface area (Å²) in [6, 6.07) is 0.795. The maximum Gasteiger partial charge on any atom is 0.00990 e. The summed E-state index contributed by atoms with van der Waals surface area (Å²) in [4.78, 5) is 0. The summed E-state index contributed by atoms with van der Waals surface area (Å²) < 4.78 is 0. The van der Waals surface area contributed by atoms with Gasteiger partial charge < -0.3 is 5.32 Å². The van der Waals surface area contributed by atoms with Gasteiger partial charge in [-0.25, -0.2) is 0 Å². The van der Waals surface area contributed by atoms with E-state index in [2.05, 4.69) is 26.1 Å². The maximum absolute atomic E-state index is 3.66. The fraction of sp³-hybridized carbons (Fsp3) is 1.00. The first-order chi connectivity index (χ1) is 5.08. The topological polar surface area (TPSA) is 12.0 Å². The molecule has 0 aromatic rings. The molecule has 1 saturated carbocycles. The Hall–Kier alpha value is -0.0400. The zero-order valence-electron chi connectivity index (χ0n) is 8.11. The van der Waals surface area contributed by atoms with E-state index in [1.807, 2.05) is 0 Å². The lowest BCUT2D eigenvalue weighted by Crippen LogP contribution is -2.44. The van der Waals surface area contributed by atoms with Crippen LogP contribution < -0.4 is 5.32 Å². The third-order valence-corrected chi connectivity index (χ3v) is 2.24. The molecule has 0 aromatic heterocycles. The fourth-order valence-corrected chi connectivity index (χ4v) is 1.86. The van der Waals surface area contributed by atoms with Crippen LogP contribution in [-0.4, -0.2) is 11.6 Å².